The third-order valence-corrected chi connectivity index (χ3v) is 5.13. The van der Waals surface area contributed by atoms with Gasteiger partial charge in [-0.1, -0.05) is 25.3 Å². The Kier molecular flexibility index (Phi) is 6.57. The van der Waals surface area contributed by atoms with Crippen molar-refractivity contribution in [1.29, 1.82) is 0 Å². The maximum atomic E-state index is 5.54. The summed E-state index contributed by atoms with van der Waals surface area (Å²) in [6.45, 7) is 0.800. The Hall–Kier alpha value is -1.91. The lowest BCUT2D eigenvalue weighted by Gasteiger charge is -2.37. The van der Waals surface area contributed by atoms with Crippen molar-refractivity contribution in [1.82, 2.24) is 9.80 Å². The molecule has 0 aromatic heterocycles. The van der Waals surface area contributed by atoms with Crippen LogP contribution >= 0.6 is 0 Å². The minimum atomic E-state index is 0.0784. The van der Waals surface area contributed by atoms with Gasteiger partial charge in [-0.25, -0.2) is 0 Å². The summed E-state index contributed by atoms with van der Waals surface area (Å²) in [4.78, 5) is 9.14. The van der Waals surface area contributed by atoms with Gasteiger partial charge in [0.15, 0.2) is 17.5 Å². The van der Waals surface area contributed by atoms with E-state index in [0.29, 0.717) is 0 Å². The topological polar surface area (TPSA) is 37.3 Å². The van der Waals surface area contributed by atoms with Gasteiger partial charge in [0.25, 0.3) is 0 Å². The molecule has 0 radical (unpaired) electrons. The molecule has 1 aliphatic carbocycles. The van der Waals surface area contributed by atoms with E-state index >= 15 is 0 Å². The Morgan fingerprint density at radius 1 is 0.960 bits per heavy atom. The van der Waals surface area contributed by atoms with Crippen LogP contribution in [0, 0.1) is 0 Å². The first-order valence-corrected chi connectivity index (χ1v) is 9.05. The van der Waals surface area contributed by atoms with Crippen LogP contribution in [0.3, 0.4) is 0 Å². The number of benzene rings is 1. The molecule has 0 unspecified atom stereocenters. The number of hydrogen-bond acceptors (Lipinski definition) is 3. The van der Waals surface area contributed by atoms with Gasteiger partial charge in [-0.3, -0.25) is 4.99 Å². The normalized spacial score (nSPS) is 16.1. The molecule has 1 aromatic rings. The van der Waals surface area contributed by atoms with Crippen molar-refractivity contribution in [2.45, 2.75) is 37.5 Å². The molecule has 1 fully saturated rings. The van der Waals surface area contributed by atoms with Gasteiger partial charge in [0.2, 0.25) is 0 Å². The van der Waals surface area contributed by atoms with Crippen molar-refractivity contribution in [2.24, 2.45) is 4.99 Å². The summed E-state index contributed by atoms with van der Waals surface area (Å²) in [5, 5.41) is 0. The lowest BCUT2D eigenvalue weighted by molar-refractivity contribution is 0.296. The second-order valence-electron chi connectivity index (χ2n) is 7.32. The summed E-state index contributed by atoms with van der Waals surface area (Å²) in [6.07, 6.45) is 6.15. The molecule has 25 heavy (non-hydrogen) atoms. The van der Waals surface area contributed by atoms with Crippen molar-refractivity contribution in [3.63, 3.8) is 0 Å². The zero-order valence-corrected chi connectivity index (χ0v) is 16.6. The summed E-state index contributed by atoms with van der Waals surface area (Å²) < 4.78 is 10.9. The zero-order valence-electron chi connectivity index (χ0n) is 16.6. The SMILES string of the molecule is COc1ccc(C2(CN=C(N(C)C)N(C)C)CCCCC2)cc1OC. The lowest BCUT2D eigenvalue weighted by Crippen LogP contribution is -2.38. The first kappa shape index (κ1) is 19.4. The van der Waals surface area contributed by atoms with E-state index < -0.39 is 0 Å². The molecule has 0 aliphatic heterocycles. The van der Waals surface area contributed by atoms with Crippen LogP contribution in [0.2, 0.25) is 0 Å². The number of guanidine groups is 1. The monoisotopic (exact) mass is 347 g/mol. The molecule has 0 heterocycles. The van der Waals surface area contributed by atoms with E-state index in [1.165, 1.54) is 37.7 Å². The smallest absolute Gasteiger partial charge is 0.195 e. The molecule has 0 atom stereocenters. The second-order valence-corrected chi connectivity index (χ2v) is 7.32. The number of nitrogens with zero attached hydrogens (tertiary/aromatic N) is 3. The predicted molar refractivity (Wildman–Crippen MR) is 104 cm³/mol. The standard InChI is InChI=1S/C20H33N3O2/c1-22(2)19(23(3)4)21-15-20(12-8-7-9-13-20)16-10-11-17(24-5)18(14-16)25-6/h10-11,14H,7-9,12-13,15H2,1-6H3. The molecule has 0 bridgehead atoms. The number of rotatable bonds is 5. The average molecular weight is 348 g/mol. The highest BCUT2D eigenvalue weighted by molar-refractivity contribution is 5.79. The molecular weight excluding hydrogens is 314 g/mol. The first-order chi connectivity index (χ1) is 11.9. The third-order valence-electron chi connectivity index (χ3n) is 5.13. The number of ether oxygens (including phenoxy) is 2. The second kappa shape index (κ2) is 8.45. The van der Waals surface area contributed by atoms with Gasteiger partial charge in [0, 0.05) is 33.6 Å². The Morgan fingerprint density at radius 3 is 2.08 bits per heavy atom. The van der Waals surface area contributed by atoms with E-state index in [9.17, 15) is 0 Å². The van der Waals surface area contributed by atoms with Crippen LogP contribution in [-0.2, 0) is 5.41 Å². The highest BCUT2D eigenvalue weighted by Gasteiger charge is 2.34. The first-order valence-electron chi connectivity index (χ1n) is 9.05. The maximum absolute atomic E-state index is 5.54. The summed E-state index contributed by atoms with van der Waals surface area (Å²) in [5.41, 5.74) is 1.39. The molecule has 1 aromatic carbocycles. The summed E-state index contributed by atoms with van der Waals surface area (Å²) in [7, 11) is 11.6. The zero-order chi connectivity index (χ0) is 18.4. The molecule has 140 valence electrons. The molecule has 0 spiro atoms. The minimum Gasteiger partial charge on any atom is -0.493 e. The van der Waals surface area contributed by atoms with Crippen LogP contribution in [0.15, 0.2) is 23.2 Å². The minimum absolute atomic E-state index is 0.0784. The van der Waals surface area contributed by atoms with Crippen molar-refractivity contribution < 1.29 is 9.47 Å². The fourth-order valence-corrected chi connectivity index (χ4v) is 3.84. The van der Waals surface area contributed by atoms with E-state index in [1.54, 1.807) is 14.2 Å². The van der Waals surface area contributed by atoms with E-state index in [0.717, 1.165) is 24.0 Å². The van der Waals surface area contributed by atoms with Gasteiger partial charge in [-0.05, 0) is 30.5 Å². The van der Waals surface area contributed by atoms with Gasteiger partial charge >= 0.3 is 0 Å². The van der Waals surface area contributed by atoms with Crippen molar-refractivity contribution >= 4 is 5.96 Å². The fourth-order valence-electron chi connectivity index (χ4n) is 3.84. The van der Waals surface area contributed by atoms with Crippen LogP contribution in [0.25, 0.3) is 0 Å². The van der Waals surface area contributed by atoms with Crippen LogP contribution in [0.5, 0.6) is 11.5 Å². The third kappa shape index (κ3) is 4.39. The van der Waals surface area contributed by atoms with E-state index in [1.807, 2.05) is 34.3 Å². The molecule has 0 N–H and O–H groups in total. The Bertz CT molecular complexity index is 581. The number of aliphatic imine (C=N–C) groups is 1. The maximum Gasteiger partial charge on any atom is 0.195 e. The molecule has 0 amide bonds. The predicted octanol–water partition coefficient (Wildman–Crippen LogP) is 3.38. The van der Waals surface area contributed by atoms with Crippen LogP contribution < -0.4 is 9.47 Å². The van der Waals surface area contributed by atoms with Crippen molar-refractivity contribution in [3.8, 4) is 11.5 Å². The molecule has 1 saturated carbocycles. The van der Waals surface area contributed by atoms with Crippen molar-refractivity contribution in [3.05, 3.63) is 23.8 Å². The molecule has 2 rings (SSSR count). The number of methoxy groups -OCH3 is 2. The molecule has 5 nitrogen and oxygen atoms in total. The molecule has 0 saturated heterocycles. The van der Waals surface area contributed by atoms with Gasteiger partial charge in [-0.2, -0.15) is 0 Å². The van der Waals surface area contributed by atoms with Gasteiger partial charge in [-0.15, -0.1) is 0 Å². The number of hydrogen-bond donors (Lipinski definition) is 0. The molecule has 5 heteroatoms. The molecule has 1 aliphatic rings. The summed E-state index contributed by atoms with van der Waals surface area (Å²) in [5.74, 6) is 2.59. The van der Waals surface area contributed by atoms with Gasteiger partial charge in [0.1, 0.15) is 0 Å². The van der Waals surface area contributed by atoms with Crippen molar-refractivity contribution in [2.75, 3.05) is 49.0 Å². The fraction of sp³-hybridized carbons (Fsp3) is 0.650. The largest absolute Gasteiger partial charge is 0.493 e. The van der Waals surface area contributed by atoms with E-state index in [4.69, 9.17) is 14.5 Å². The Morgan fingerprint density at radius 2 is 1.56 bits per heavy atom. The highest BCUT2D eigenvalue weighted by Crippen LogP contribution is 2.42. The quantitative estimate of drug-likeness (QED) is 0.604. The Labute approximate surface area is 152 Å². The lowest BCUT2D eigenvalue weighted by atomic mass is 9.69. The molecular formula is C20H33N3O2. The Balaban J connectivity index is 2.39. The summed E-state index contributed by atoms with van der Waals surface area (Å²) in [6, 6.07) is 6.35. The van der Waals surface area contributed by atoms with E-state index in [-0.39, 0.29) is 5.41 Å². The van der Waals surface area contributed by atoms with Crippen LogP contribution in [0.1, 0.15) is 37.7 Å². The van der Waals surface area contributed by atoms with Gasteiger partial charge in [0.05, 0.1) is 20.8 Å². The van der Waals surface area contributed by atoms with Gasteiger partial charge < -0.3 is 19.3 Å². The van der Waals surface area contributed by atoms with Crippen LogP contribution in [-0.4, -0.2) is 64.7 Å². The average Bonchev–Trinajstić information content (AvgIpc) is 2.61. The highest BCUT2D eigenvalue weighted by atomic mass is 16.5. The summed E-state index contributed by atoms with van der Waals surface area (Å²) >= 11 is 0. The van der Waals surface area contributed by atoms with Crippen LogP contribution in [0.4, 0.5) is 0 Å². The van der Waals surface area contributed by atoms with E-state index in [2.05, 4.69) is 21.9 Å².